The van der Waals surface area contributed by atoms with Gasteiger partial charge in [0.25, 0.3) is 5.91 Å². The van der Waals surface area contributed by atoms with Crippen molar-refractivity contribution >= 4 is 29.6 Å². The molecule has 3 heterocycles. The van der Waals surface area contributed by atoms with Crippen molar-refractivity contribution in [3.8, 4) is 0 Å². The molecule has 3 fully saturated rings. The Morgan fingerprint density at radius 3 is 1.88 bits per heavy atom. The Labute approximate surface area is 198 Å². The van der Waals surface area contributed by atoms with Crippen molar-refractivity contribution in [1.29, 1.82) is 0 Å². The van der Waals surface area contributed by atoms with Crippen LogP contribution in [0.2, 0.25) is 0 Å². The van der Waals surface area contributed by atoms with Gasteiger partial charge in [0.05, 0.1) is 24.2 Å². The van der Waals surface area contributed by atoms with E-state index in [0.717, 1.165) is 4.90 Å². The van der Waals surface area contributed by atoms with E-state index in [2.05, 4.69) is 0 Å². The van der Waals surface area contributed by atoms with E-state index >= 15 is 0 Å². The molecule has 12 nitrogen and oxygen atoms in total. The zero-order chi connectivity index (χ0) is 26.0. The molecule has 0 aromatic carbocycles. The summed E-state index contributed by atoms with van der Waals surface area (Å²) in [6, 6.07) is -2.30. The zero-order valence-corrected chi connectivity index (χ0v) is 20.4. The summed E-state index contributed by atoms with van der Waals surface area (Å²) >= 11 is 0. The van der Waals surface area contributed by atoms with Crippen LogP contribution in [0.5, 0.6) is 0 Å². The molecule has 12 heteroatoms. The molecule has 2 unspecified atom stereocenters. The van der Waals surface area contributed by atoms with Crippen LogP contribution >= 0.6 is 0 Å². The second kappa shape index (κ2) is 8.19. The molecule has 3 saturated heterocycles. The molecule has 4 N–H and O–H groups in total. The number of β-lactam (4-membered cyclic amide) rings is 2. The lowest BCUT2D eigenvalue weighted by molar-refractivity contribution is -0.174. The van der Waals surface area contributed by atoms with Crippen LogP contribution < -0.4 is 5.73 Å². The van der Waals surface area contributed by atoms with E-state index in [0.29, 0.717) is 0 Å². The Hall–Kier alpha value is -2.73. The molecule has 3 aliphatic rings. The fourth-order valence-electron chi connectivity index (χ4n) is 5.50. The molecule has 0 radical (unpaired) electrons. The number of hydrogen-bond donors (Lipinski definition) is 3. The normalized spacial score (nSPS) is 30.1. The van der Waals surface area contributed by atoms with Crippen molar-refractivity contribution in [1.82, 2.24) is 14.7 Å². The maximum atomic E-state index is 13.5. The summed E-state index contributed by atoms with van der Waals surface area (Å²) in [4.78, 5) is 67.3. The zero-order valence-electron chi connectivity index (χ0n) is 20.4. The average Bonchev–Trinajstić information content (AvgIpc) is 3.04. The van der Waals surface area contributed by atoms with Gasteiger partial charge in [0, 0.05) is 13.1 Å². The second-order valence-corrected chi connectivity index (χ2v) is 10.8. The van der Waals surface area contributed by atoms with E-state index in [1.54, 1.807) is 20.8 Å². The maximum Gasteiger partial charge on any atom is 0.411 e. The summed E-state index contributed by atoms with van der Waals surface area (Å²) in [6.07, 6.45) is -3.12. The van der Waals surface area contributed by atoms with Gasteiger partial charge < -0.3 is 30.5 Å². The highest BCUT2D eigenvalue weighted by molar-refractivity contribution is 6.03. The predicted molar refractivity (Wildman–Crippen MR) is 117 cm³/mol. The first-order valence-corrected chi connectivity index (χ1v) is 11.3. The van der Waals surface area contributed by atoms with Crippen LogP contribution in [-0.4, -0.2) is 110 Å². The third-order valence-corrected chi connectivity index (χ3v) is 6.79. The van der Waals surface area contributed by atoms with Gasteiger partial charge in [-0.15, -0.1) is 0 Å². The van der Waals surface area contributed by atoms with Crippen LogP contribution in [0, 0.1) is 5.41 Å². The third-order valence-electron chi connectivity index (χ3n) is 6.79. The molecule has 34 heavy (non-hydrogen) atoms. The monoisotopic (exact) mass is 482 g/mol. The van der Waals surface area contributed by atoms with Gasteiger partial charge in [0.1, 0.15) is 23.2 Å². The highest BCUT2D eigenvalue weighted by Crippen LogP contribution is 2.53. The van der Waals surface area contributed by atoms with Crippen molar-refractivity contribution < 1.29 is 38.9 Å². The van der Waals surface area contributed by atoms with Gasteiger partial charge in [-0.25, -0.2) is 4.79 Å². The molecule has 4 amide bonds. The number of ketones is 1. The smallest absolute Gasteiger partial charge is 0.411 e. The Morgan fingerprint density at radius 2 is 1.50 bits per heavy atom. The van der Waals surface area contributed by atoms with Gasteiger partial charge in [-0.3, -0.25) is 24.1 Å². The Balaban J connectivity index is 1.93. The number of amides is 4. The number of Topliss-reactive ketones (excluding diaryl/α,β-unsaturated/α-hetero) is 1. The number of likely N-dealkylation sites (tertiary alicyclic amines) is 3. The number of rotatable bonds is 6. The summed E-state index contributed by atoms with van der Waals surface area (Å²) in [6.45, 7) is 8.89. The maximum absolute atomic E-state index is 13.5. The lowest BCUT2D eigenvalue weighted by Crippen LogP contribution is -2.77. The van der Waals surface area contributed by atoms with E-state index in [-0.39, 0.29) is 26.1 Å². The third kappa shape index (κ3) is 3.92. The molecule has 0 saturated carbocycles. The molecule has 0 aromatic rings. The quantitative estimate of drug-likeness (QED) is 0.388. The molecule has 0 aromatic heterocycles. The largest absolute Gasteiger partial charge is 0.444 e. The van der Waals surface area contributed by atoms with E-state index in [9.17, 15) is 34.2 Å². The summed E-state index contributed by atoms with van der Waals surface area (Å²) in [5, 5.41) is 20.0. The number of nitrogens with two attached hydrogens (primary N) is 1. The number of primary amides is 1. The summed E-state index contributed by atoms with van der Waals surface area (Å²) in [7, 11) is 0. The van der Waals surface area contributed by atoms with Crippen LogP contribution in [0.4, 0.5) is 4.79 Å². The molecule has 6 atom stereocenters. The molecular formula is C22H34N4O8. The number of ether oxygens (including phenoxy) is 1. The molecular weight excluding hydrogens is 448 g/mol. The van der Waals surface area contributed by atoms with E-state index in [4.69, 9.17) is 10.5 Å². The Morgan fingerprint density at radius 1 is 0.971 bits per heavy atom. The molecule has 3 aliphatic heterocycles. The number of hydrogen-bond acceptors (Lipinski definition) is 8. The number of aliphatic hydroxyl groups excluding tert-OH is 2. The highest BCUT2D eigenvalue weighted by atomic mass is 16.6. The van der Waals surface area contributed by atoms with E-state index in [1.165, 1.54) is 30.6 Å². The molecule has 2 spiro atoms. The van der Waals surface area contributed by atoms with Gasteiger partial charge in [-0.1, -0.05) is 0 Å². The van der Waals surface area contributed by atoms with E-state index < -0.39 is 70.4 Å². The minimum atomic E-state index is -1.42. The van der Waals surface area contributed by atoms with Gasteiger partial charge in [-0.2, -0.15) is 0 Å². The van der Waals surface area contributed by atoms with Crippen molar-refractivity contribution in [2.45, 2.75) is 83.4 Å². The van der Waals surface area contributed by atoms with Crippen LogP contribution in [0.1, 0.15) is 48.0 Å². The van der Waals surface area contributed by atoms with Crippen molar-refractivity contribution in [2.24, 2.45) is 11.1 Å². The first-order valence-electron chi connectivity index (χ1n) is 11.3. The van der Waals surface area contributed by atoms with Crippen molar-refractivity contribution in [2.75, 3.05) is 19.6 Å². The van der Waals surface area contributed by atoms with Crippen LogP contribution in [-0.2, 0) is 23.9 Å². The fourth-order valence-corrected chi connectivity index (χ4v) is 5.50. The topological polar surface area (TPSA) is 171 Å². The first-order chi connectivity index (χ1) is 15.5. The number of nitrogens with zero attached hydrogens (tertiary/aromatic N) is 3. The van der Waals surface area contributed by atoms with Gasteiger partial charge >= 0.3 is 6.09 Å². The average molecular weight is 483 g/mol. The number of carbonyl (C=O) groups excluding carboxylic acids is 5. The van der Waals surface area contributed by atoms with Crippen LogP contribution in [0.3, 0.4) is 0 Å². The fraction of sp³-hybridized carbons (Fsp3) is 0.773. The van der Waals surface area contributed by atoms with Crippen molar-refractivity contribution in [3.63, 3.8) is 0 Å². The lowest BCUT2D eigenvalue weighted by Gasteiger charge is -2.54. The summed E-state index contributed by atoms with van der Waals surface area (Å²) in [5.74, 6) is -2.30. The van der Waals surface area contributed by atoms with Gasteiger partial charge in [0.15, 0.2) is 5.78 Å². The number of aliphatic hydroxyl groups is 2. The Kier molecular flexibility index (Phi) is 6.24. The van der Waals surface area contributed by atoms with E-state index in [1.807, 2.05) is 0 Å². The predicted octanol–water partition coefficient (Wildman–Crippen LogP) is -1.39. The minimum absolute atomic E-state index is 0.0191. The SMILES string of the molecule is CC(=O)[C@H]([C@@H](C)O)N1CC2(CC3(CN([C@H](C(N)=O)[C@@H](C)O)C3=O)CN2C(=O)OC(C)(C)C)C1=O. The minimum Gasteiger partial charge on any atom is -0.444 e. The highest BCUT2D eigenvalue weighted by Gasteiger charge is 2.73. The molecule has 0 aliphatic carbocycles. The standard InChI is InChI=1S/C22H34N4O8/c1-11(27)14(12(2)28)25-10-22(18(25)32)7-21(9-26(22)19(33)34-20(4,5)6)8-24(17(21)31)15(13(3)29)16(23)30/h11,13-15,27,29H,7-10H2,1-6H3,(H2,23,30)/t11-,13-,14+,15+,21?,22?/m1/s1. The van der Waals surface area contributed by atoms with Gasteiger partial charge in [-0.05, 0) is 48.0 Å². The number of carbonyl (C=O) groups is 5. The Bertz CT molecular complexity index is 928. The first kappa shape index (κ1) is 25.9. The summed E-state index contributed by atoms with van der Waals surface area (Å²) < 4.78 is 5.50. The molecule has 3 rings (SSSR count). The van der Waals surface area contributed by atoms with Crippen LogP contribution in [0.15, 0.2) is 0 Å². The second-order valence-electron chi connectivity index (χ2n) is 10.8. The molecule has 0 bridgehead atoms. The van der Waals surface area contributed by atoms with Crippen molar-refractivity contribution in [3.05, 3.63) is 0 Å². The van der Waals surface area contributed by atoms with Gasteiger partial charge in [0.2, 0.25) is 11.8 Å². The molecule has 190 valence electrons. The lowest BCUT2D eigenvalue weighted by atomic mass is 9.70. The summed E-state index contributed by atoms with van der Waals surface area (Å²) in [5.41, 5.74) is 1.94. The van der Waals surface area contributed by atoms with Crippen LogP contribution in [0.25, 0.3) is 0 Å².